The van der Waals surface area contributed by atoms with Crippen LogP contribution in [0, 0.1) is 11.3 Å². The first-order valence-electron chi connectivity index (χ1n) is 11.1. The highest BCUT2D eigenvalue weighted by molar-refractivity contribution is 5.89. The molecule has 2 bridgehead atoms. The summed E-state index contributed by atoms with van der Waals surface area (Å²) in [6, 6.07) is 16.1. The number of benzene rings is 2. The summed E-state index contributed by atoms with van der Waals surface area (Å²) in [6.45, 7) is 9.77. The molecule has 2 amide bonds. The molecule has 5 rings (SSSR count). The minimum absolute atomic E-state index is 0.0357. The molecular weight excluding hydrogens is 390 g/mol. The average molecular weight is 424 g/mol. The van der Waals surface area contributed by atoms with Gasteiger partial charge in [-0.1, -0.05) is 13.8 Å². The van der Waals surface area contributed by atoms with Crippen molar-refractivity contribution in [3.63, 3.8) is 0 Å². The number of carbonyl (C=O) groups is 1. The van der Waals surface area contributed by atoms with Crippen molar-refractivity contribution in [2.75, 3.05) is 43.6 Å². The number of methoxy groups -OCH3 is 1. The summed E-state index contributed by atoms with van der Waals surface area (Å²) in [7, 11) is 1.64. The van der Waals surface area contributed by atoms with Crippen molar-refractivity contribution in [1.82, 2.24) is 4.90 Å². The van der Waals surface area contributed by atoms with Crippen molar-refractivity contribution in [2.24, 2.45) is 11.3 Å². The van der Waals surface area contributed by atoms with Gasteiger partial charge in [-0.25, -0.2) is 4.79 Å². The van der Waals surface area contributed by atoms with Gasteiger partial charge in [0, 0.05) is 31.0 Å². The number of fused-ring (bicyclic) bond motifs is 4. The second-order valence-corrected chi connectivity index (χ2v) is 9.22. The van der Waals surface area contributed by atoms with Crippen LogP contribution in [-0.4, -0.2) is 50.3 Å². The van der Waals surface area contributed by atoms with E-state index in [0.29, 0.717) is 19.1 Å². The number of nitrogens with zero attached hydrogens (tertiary/aromatic N) is 2. The Morgan fingerprint density at radius 2 is 1.71 bits per heavy atom. The quantitative estimate of drug-likeness (QED) is 0.746. The zero-order valence-electron chi connectivity index (χ0n) is 18.9. The van der Waals surface area contributed by atoms with Crippen LogP contribution in [0.15, 0.2) is 48.5 Å². The highest BCUT2D eigenvalue weighted by Crippen LogP contribution is 2.43. The molecule has 2 unspecified atom stereocenters. The fraction of sp³-hybridized carbons (Fsp3) is 0.480. The first kappa shape index (κ1) is 21.3. The van der Waals surface area contributed by atoms with Crippen molar-refractivity contribution >= 4 is 17.4 Å². The molecule has 31 heavy (non-hydrogen) atoms. The van der Waals surface area contributed by atoms with Gasteiger partial charge in [-0.05, 0) is 73.2 Å². The minimum atomic E-state index is -0.0357. The summed E-state index contributed by atoms with van der Waals surface area (Å²) in [5, 5.41) is 3.06. The topological polar surface area (TPSA) is 54.0 Å². The SMILES string of the molecule is CCOc1ccc(N2CC3CN(C(=O)Nc4ccc(OC)cc4)CC2C(C)(C)C3)cc1. The van der Waals surface area contributed by atoms with Gasteiger partial charge in [0.15, 0.2) is 0 Å². The Kier molecular flexibility index (Phi) is 5.99. The van der Waals surface area contributed by atoms with Gasteiger partial charge < -0.3 is 24.6 Å². The molecule has 2 aromatic rings. The molecule has 1 N–H and O–H groups in total. The maximum Gasteiger partial charge on any atom is 0.321 e. The second kappa shape index (κ2) is 8.69. The Bertz CT molecular complexity index is 895. The van der Waals surface area contributed by atoms with E-state index in [1.165, 1.54) is 5.69 Å². The lowest BCUT2D eigenvalue weighted by molar-refractivity contribution is 0.190. The Balaban J connectivity index is 1.51. The molecule has 3 aliphatic rings. The number of piperidine rings is 1. The summed E-state index contributed by atoms with van der Waals surface area (Å²) >= 11 is 0. The Morgan fingerprint density at radius 3 is 2.35 bits per heavy atom. The molecule has 0 aliphatic carbocycles. The number of amides is 2. The van der Waals surface area contributed by atoms with Crippen molar-refractivity contribution in [3.05, 3.63) is 48.5 Å². The van der Waals surface area contributed by atoms with Gasteiger partial charge in [-0.2, -0.15) is 0 Å². The zero-order valence-corrected chi connectivity index (χ0v) is 18.9. The first-order chi connectivity index (χ1) is 14.9. The van der Waals surface area contributed by atoms with Crippen LogP contribution >= 0.6 is 0 Å². The fourth-order valence-electron chi connectivity index (χ4n) is 5.06. The average Bonchev–Trinajstić information content (AvgIpc) is 3.02. The molecule has 2 aromatic carbocycles. The number of urea groups is 1. The van der Waals surface area contributed by atoms with Gasteiger partial charge in [0.05, 0.1) is 19.8 Å². The van der Waals surface area contributed by atoms with E-state index < -0.39 is 0 Å². The molecule has 6 heteroatoms. The molecular formula is C25H33N3O3. The predicted molar refractivity (Wildman–Crippen MR) is 124 cm³/mol. The van der Waals surface area contributed by atoms with Crippen molar-refractivity contribution in [2.45, 2.75) is 33.2 Å². The van der Waals surface area contributed by atoms with E-state index in [1.807, 2.05) is 48.2 Å². The zero-order chi connectivity index (χ0) is 22.0. The number of ether oxygens (including phenoxy) is 2. The molecule has 0 saturated carbocycles. The van der Waals surface area contributed by atoms with Gasteiger partial charge in [0.2, 0.25) is 0 Å². The Morgan fingerprint density at radius 1 is 1.03 bits per heavy atom. The summed E-state index contributed by atoms with van der Waals surface area (Å²) in [4.78, 5) is 17.6. The standard InChI is InChI=1S/C25H33N3O3/c1-5-31-22-12-8-20(9-13-22)28-16-18-14-25(2,3)23(28)17-27(15-18)24(29)26-19-6-10-21(30-4)11-7-19/h6-13,18,23H,5,14-17H2,1-4H3,(H,26,29). The van der Waals surface area contributed by atoms with Crippen LogP contribution in [0.5, 0.6) is 11.5 Å². The highest BCUT2D eigenvalue weighted by Gasteiger charge is 2.46. The van der Waals surface area contributed by atoms with E-state index >= 15 is 0 Å². The van der Waals surface area contributed by atoms with Gasteiger partial charge >= 0.3 is 6.03 Å². The normalized spacial score (nSPS) is 22.1. The third-order valence-electron chi connectivity index (χ3n) is 6.53. The number of hydrogen-bond acceptors (Lipinski definition) is 4. The van der Waals surface area contributed by atoms with Crippen LogP contribution in [0.25, 0.3) is 0 Å². The lowest BCUT2D eigenvalue weighted by atomic mass is 9.73. The number of anilines is 2. The predicted octanol–water partition coefficient (Wildman–Crippen LogP) is 4.86. The number of hydrogen-bond donors (Lipinski definition) is 1. The van der Waals surface area contributed by atoms with Gasteiger partial charge in [0.1, 0.15) is 11.5 Å². The highest BCUT2D eigenvalue weighted by atomic mass is 16.5. The van der Waals surface area contributed by atoms with Gasteiger partial charge in [-0.15, -0.1) is 0 Å². The molecule has 0 radical (unpaired) electrons. The molecule has 2 atom stereocenters. The summed E-state index contributed by atoms with van der Waals surface area (Å²) in [5.74, 6) is 2.10. The van der Waals surface area contributed by atoms with E-state index in [-0.39, 0.29) is 17.5 Å². The maximum atomic E-state index is 13.1. The molecule has 3 fully saturated rings. The van der Waals surface area contributed by atoms with Crippen molar-refractivity contribution in [3.8, 4) is 11.5 Å². The van der Waals surface area contributed by atoms with E-state index in [0.717, 1.165) is 36.7 Å². The largest absolute Gasteiger partial charge is 0.497 e. The molecule has 3 saturated heterocycles. The Labute approximate surface area is 185 Å². The molecule has 0 spiro atoms. The smallest absolute Gasteiger partial charge is 0.321 e. The first-order valence-corrected chi connectivity index (χ1v) is 11.1. The lowest BCUT2D eigenvalue weighted by Crippen LogP contribution is -2.54. The lowest BCUT2D eigenvalue weighted by Gasteiger charge is -2.48. The monoisotopic (exact) mass is 423 g/mol. The van der Waals surface area contributed by atoms with Crippen LogP contribution in [0.3, 0.4) is 0 Å². The van der Waals surface area contributed by atoms with Crippen LogP contribution in [0.2, 0.25) is 0 Å². The summed E-state index contributed by atoms with van der Waals surface area (Å²) < 4.78 is 10.8. The van der Waals surface area contributed by atoms with Crippen molar-refractivity contribution in [1.29, 1.82) is 0 Å². The van der Waals surface area contributed by atoms with E-state index in [4.69, 9.17) is 9.47 Å². The van der Waals surface area contributed by atoms with Crippen molar-refractivity contribution < 1.29 is 14.3 Å². The van der Waals surface area contributed by atoms with E-state index in [1.54, 1.807) is 7.11 Å². The van der Waals surface area contributed by atoms with E-state index in [2.05, 4.69) is 36.2 Å². The van der Waals surface area contributed by atoms with Crippen LogP contribution in [0.4, 0.5) is 16.2 Å². The number of rotatable bonds is 5. The molecule has 0 aromatic heterocycles. The number of nitrogens with one attached hydrogen (secondary N) is 1. The fourth-order valence-corrected chi connectivity index (χ4v) is 5.06. The van der Waals surface area contributed by atoms with Gasteiger partial charge in [-0.3, -0.25) is 0 Å². The second-order valence-electron chi connectivity index (χ2n) is 9.22. The molecule has 6 nitrogen and oxygen atoms in total. The van der Waals surface area contributed by atoms with E-state index in [9.17, 15) is 4.79 Å². The van der Waals surface area contributed by atoms with Crippen LogP contribution in [0.1, 0.15) is 27.2 Å². The Hall–Kier alpha value is -2.89. The third kappa shape index (κ3) is 4.58. The molecule has 3 heterocycles. The summed E-state index contributed by atoms with van der Waals surface area (Å²) in [5.41, 5.74) is 2.10. The maximum absolute atomic E-state index is 13.1. The minimum Gasteiger partial charge on any atom is -0.497 e. The van der Waals surface area contributed by atoms with Crippen LogP contribution < -0.4 is 19.7 Å². The summed E-state index contributed by atoms with van der Waals surface area (Å²) in [6.07, 6.45) is 1.12. The number of carbonyl (C=O) groups excluding carboxylic acids is 1. The van der Waals surface area contributed by atoms with Gasteiger partial charge in [0.25, 0.3) is 0 Å². The third-order valence-corrected chi connectivity index (χ3v) is 6.53. The molecule has 166 valence electrons. The molecule has 3 aliphatic heterocycles. The van der Waals surface area contributed by atoms with Crippen LogP contribution in [-0.2, 0) is 0 Å².